The molecule has 3 heteroatoms. The largest absolute Gasteiger partial charge is 0.465 e. The van der Waals surface area contributed by atoms with Gasteiger partial charge in [0, 0.05) is 6.54 Å². The zero-order valence-corrected chi connectivity index (χ0v) is 9.16. The van der Waals surface area contributed by atoms with Gasteiger partial charge in [-0.3, -0.25) is 0 Å². The molecule has 0 aliphatic heterocycles. The SMILES string of the molecule is CCC(C)c1ccc(CNC(=O)O)cc1. The Morgan fingerprint density at radius 1 is 1.40 bits per heavy atom. The molecule has 0 aromatic heterocycles. The lowest BCUT2D eigenvalue weighted by Crippen LogP contribution is -2.19. The van der Waals surface area contributed by atoms with Crippen LogP contribution < -0.4 is 5.32 Å². The van der Waals surface area contributed by atoms with E-state index in [4.69, 9.17) is 5.11 Å². The summed E-state index contributed by atoms with van der Waals surface area (Å²) in [5.41, 5.74) is 2.29. The molecule has 0 spiro atoms. The average molecular weight is 207 g/mol. The van der Waals surface area contributed by atoms with Crippen molar-refractivity contribution in [2.75, 3.05) is 0 Å². The van der Waals surface area contributed by atoms with Crippen LogP contribution in [0.3, 0.4) is 0 Å². The molecule has 0 saturated heterocycles. The summed E-state index contributed by atoms with van der Waals surface area (Å²) < 4.78 is 0. The molecule has 1 atom stereocenters. The number of nitrogens with one attached hydrogen (secondary N) is 1. The van der Waals surface area contributed by atoms with E-state index in [0.717, 1.165) is 12.0 Å². The van der Waals surface area contributed by atoms with Gasteiger partial charge in [-0.05, 0) is 23.5 Å². The highest BCUT2D eigenvalue weighted by atomic mass is 16.4. The maximum atomic E-state index is 10.3. The summed E-state index contributed by atoms with van der Waals surface area (Å²) in [4.78, 5) is 10.3. The minimum absolute atomic E-state index is 0.371. The molecule has 0 aliphatic rings. The van der Waals surface area contributed by atoms with E-state index in [2.05, 4.69) is 31.3 Å². The summed E-state index contributed by atoms with van der Waals surface area (Å²) in [5.74, 6) is 0.562. The molecule has 1 aromatic carbocycles. The Kier molecular flexibility index (Phi) is 4.16. The van der Waals surface area contributed by atoms with Crippen LogP contribution in [0.1, 0.15) is 37.3 Å². The van der Waals surface area contributed by atoms with Crippen molar-refractivity contribution >= 4 is 6.09 Å². The molecule has 15 heavy (non-hydrogen) atoms. The Bertz CT molecular complexity index is 319. The Morgan fingerprint density at radius 2 is 2.00 bits per heavy atom. The molecular formula is C12H17NO2. The minimum atomic E-state index is -0.985. The lowest BCUT2D eigenvalue weighted by Gasteiger charge is -2.09. The zero-order valence-electron chi connectivity index (χ0n) is 9.16. The third-order valence-electron chi connectivity index (χ3n) is 2.60. The summed E-state index contributed by atoms with van der Waals surface area (Å²) in [6.45, 7) is 4.71. The smallest absolute Gasteiger partial charge is 0.404 e. The van der Waals surface area contributed by atoms with Crippen molar-refractivity contribution in [3.63, 3.8) is 0 Å². The van der Waals surface area contributed by atoms with Crippen molar-refractivity contribution in [3.8, 4) is 0 Å². The van der Waals surface area contributed by atoms with Crippen LogP contribution in [-0.4, -0.2) is 11.2 Å². The molecule has 2 N–H and O–H groups in total. The van der Waals surface area contributed by atoms with Crippen molar-refractivity contribution in [3.05, 3.63) is 35.4 Å². The highest BCUT2D eigenvalue weighted by molar-refractivity contribution is 5.64. The first-order chi connectivity index (χ1) is 7.13. The van der Waals surface area contributed by atoms with Crippen LogP contribution in [0.4, 0.5) is 4.79 Å². The maximum absolute atomic E-state index is 10.3. The van der Waals surface area contributed by atoms with Crippen LogP contribution in [0.5, 0.6) is 0 Å². The van der Waals surface area contributed by atoms with Crippen LogP contribution in [0.15, 0.2) is 24.3 Å². The molecule has 3 nitrogen and oxygen atoms in total. The summed E-state index contributed by atoms with van der Waals surface area (Å²) in [6, 6.07) is 8.06. The van der Waals surface area contributed by atoms with Crippen molar-refractivity contribution in [2.24, 2.45) is 0 Å². The molecule has 1 aromatic rings. The fourth-order valence-corrected chi connectivity index (χ4v) is 1.38. The summed E-state index contributed by atoms with van der Waals surface area (Å²) >= 11 is 0. The third-order valence-corrected chi connectivity index (χ3v) is 2.60. The summed E-state index contributed by atoms with van der Waals surface area (Å²) in [7, 11) is 0. The van der Waals surface area contributed by atoms with Gasteiger partial charge in [-0.25, -0.2) is 4.79 Å². The number of amides is 1. The number of carbonyl (C=O) groups is 1. The fraction of sp³-hybridized carbons (Fsp3) is 0.417. The van der Waals surface area contributed by atoms with Gasteiger partial charge >= 0.3 is 6.09 Å². The van der Waals surface area contributed by atoms with Crippen LogP contribution in [0.2, 0.25) is 0 Å². The number of benzene rings is 1. The van der Waals surface area contributed by atoms with E-state index >= 15 is 0 Å². The third kappa shape index (κ3) is 3.62. The van der Waals surface area contributed by atoms with E-state index in [1.807, 2.05) is 12.1 Å². The molecule has 1 unspecified atom stereocenters. The minimum Gasteiger partial charge on any atom is -0.465 e. The number of hydrogen-bond acceptors (Lipinski definition) is 1. The van der Waals surface area contributed by atoms with E-state index in [1.54, 1.807) is 0 Å². The Hall–Kier alpha value is -1.51. The van der Waals surface area contributed by atoms with Crippen LogP contribution in [-0.2, 0) is 6.54 Å². The molecular weight excluding hydrogens is 190 g/mol. The molecule has 82 valence electrons. The molecule has 0 heterocycles. The first-order valence-electron chi connectivity index (χ1n) is 5.19. The van der Waals surface area contributed by atoms with Crippen molar-refractivity contribution in [1.82, 2.24) is 5.32 Å². The lowest BCUT2D eigenvalue weighted by atomic mass is 9.98. The standard InChI is InChI=1S/C12H17NO2/c1-3-9(2)11-6-4-10(5-7-11)8-13-12(14)15/h4-7,9,13H,3,8H2,1-2H3,(H,14,15). The molecule has 0 aliphatic carbocycles. The lowest BCUT2D eigenvalue weighted by molar-refractivity contribution is 0.194. The highest BCUT2D eigenvalue weighted by Gasteiger charge is 2.02. The van der Waals surface area contributed by atoms with Crippen LogP contribution in [0, 0.1) is 0 Å². The van der Waals surface area contributed by atoms with Gasteiger partial charge in [0.05, 0.1) is 0 Å². The van der Waals surface area contributed by atoms with Gasteiger partial charge < -0.3 is 10.4 Å². The summed E-state index contributed by atoms with van der Waals surface area (Å²) in [5, 5.41) is 10.8. The predicted octanol–water partition coefficient (Wildman–Crippen LogP) is 2.97. The predicted molar refractivity (Wildman–Crippen MR) is 60.0 cm³/mol. The Balaban J connectivity index is 2.60. The van der Waals surface area contributed by atoms with Crippen molar-refractivity contribution in [2.45, 2.75) is 32.7 Å². The average Bonchev–Trinajstić information content (AvgIpc) is 2.26. The van der Waals surface area contributed by atoms with E-state index < -0.39 is 6.09 Å². The molecule has 0 saturated carbocycles. The fourth-order valence-electron chi connectivity index (χ4n) is 1.38. The summed E-state index contributed by atoms with van der Waals surface area (Å²) in [6.07, 6.45) is 0.133. The van der Waals surface area contributed by atoms with Gasteiger partial charge in [0.15, 0.2) is 0 Å². The van der Waals surface area contributed by atoms with Gasteiger partial charge in [-0.2, -0.15) is 0 Å². The van der Waals surface area contributed by atoms with Gasteiger partial charge in [-0.1, -0.05) is 38.1 Å². The molecule has 1 rings (SSSR count). The topological polar surface area (TPSA) is 49.3 Å². The van der Waals surface area contributed by atoms with E-state index in [1.165, 1.54) is 5.56 Å². The van der Waals surface area contributed by atoms with Crippen LogP contribution in [0.25, 0.3) is 0 Å². The van der Waals surface area contributed by atoms with Crippen LogP contribution >= 0.6 is 0 Å². The Morgan fingerprint density at radius 3 is 2.47 bits per heavy atom. The second-order valence-electron chi connectivity index (χ2n) is 3.71. The Labute approximate surface area is 90.1 Å². The molecule has 1 amide bonds. The molecule has 0 fully saturated rings. The van der Waals surface area contributed by atoms with E-state index in [-0.39, 0.29) is 0 Å². The van der Waals surface area contributed by atoms with Gasteiger partial charge in [0.1, 0.15) is 0 Å². The van der Waals surface area contributed by atoms with Gasteiger partial charge in [-0.15, -0.1) is 0 Å². The molecule has 0 bridgehead atoms. The van der Waals surface area contributed by atoms with E-state index in [0.29, 0.717) is 12.5 Å². The van der Waals surface area contributed by atoms with Crippen molar-refractivity contribution in [1.29, 1.82) is 0 Å². The molecule has 0 radical (unpaired) electrons. The quantitative estimate of drug-likeness (QED) is 0.797. The number of carboxylic acid groups (broad SMARTS) is 1. The monoisotopic (exact) mass is 207 g/mol. The zero-order chi connectivity index (χ0) is 11.3. The van der Waals surface area contributed by atoms with Gasteiger partial charge in [0.2, 0.25) is 0 Å². The highest BCUT2D eigenvalue weighted by Crippen LogP contribution is 2.18. The number of rotatable bonds is 4. The number of hydrogen-bond donors (Lipinski definition) is 2. The maximum Gasteiger partial charge on any atom is 0.404 e. The second kappa shape index (κ2) is 5.39. The second-order valence-corrected chi connectivity index (χ2v) is 3.71. The van der Waals surface area contributed by atoms with E-state index in [9.17, 15) is 4.79 Å². The van der Waals surface area contributed by atoms with Crippen molar-refractivity contribution < 1.29 is 9.90 Å². The van der Waals surface area contributed by atoms with Gasteiger partial charge in [0.25, 0.3) is 0 Å². The first kappa shape index (κ1) is 11.6. The normalized spacial score (nSPS) is 12.1. The first-order valence-corrected chi connectivity index (χ1v) is 5.19.